The molecule has 2 aliphatic heterocycles. The van der Waals surface area contributed by atoms with E-state index in [4.69, 9.17) is 4.84 Å². The second-order valence-electron chi connectivity index (χ2n) is 7.33. The maximum absolute atomic E-state index is 13.5. The largest absolute Gasteiger partial charge is 0.293 e. The number of anilines is 2. The molecule has 5 rings (SSSR count). The summed E-state index contributed by atoms with van der Waals surface area (Å²) >= 11 is 0. The molecular weight excluding hydrogens is 398 g/mol. The maximum Gasteiger partial charge on any atom is 0.293 e. The van der Waals surface area contributed by atoms with Crippen molar-refractivity contribution in [2.45, 2.75) is 12.1 Å². The first kappa shape index (κ1) is 19.0. The highest BCUT2D eigenvalue weighted by molar-refractivity contribution is 6.24. The Hall–Kier alpha value is -4.04. The van der Waals surface area contributed by atoms with Gasteiger partial charge in [0.05, 0.1) is 16.7 Å². The Morgan fingerprint density at radius 1 is 0.806 bits per heavy atom. The lowest BCUT2D eigenvalue weighted by Crippen LogP contribution is -2.37. The van der Waals surface area contributed by atoms with Crippen LogP contribution in [0, 0.1) is 16.0 Å². The molecule has 2 amide bonds. The Bertz CT molecular complexity index is 1170. The van der Waals surface area contributed by atoms with Crippen LogP contribution in [0.1, 0.15) is 11.6 Å². The van der Waals surface area contributed by atoms with E-state index in [1.807, 2.05) is 60.7 Å². The maximum atomic E-state index is 13.5. The Morgan fingerprint density at radius 2 is 1.42 bits per heavy atom. The first-order valence-corrected chi connectivity index (χ1v) is 9.75. The van der Waals surface area contributed by atoms with Crippen LogP contribution in [0.4, 0.5) is 17.1 Å². The van der Waals surface area contributed by atoms with Crippen LogP contribution in [-0.2, 0) is 14.4 Å². The molecule has 0 N–H and O–H groups in total. The molecule has 2 aliphatic rings. The molecule has 154 valence electrons. The lowest BCUT2D eigenvalue weighted by atomic mass is 9.90. The summed E-state index contributed by atoms with van der Waals surface area (Å²) in [7, 11) is 0. The molecule has 8 nitrogen and oxygen atoms in total. The van der Waals surface area contributed by atoms with E-state index in [-0.39, 0.29) is 11.4 Å². The van der Waals surface area contributed by atoms with E-state index in [2.05, 4.69) is 0 Å². The van der Waals surface area contributed by atoms with Crippen molar-refractivity contribution in [3.63, 3.8) is 0 Å². The number of carbonyl (C=O) groups is 2. The summed E-state index contributed by atoms with van der Waals surface area (Å²) < 4.78 is 0. The van der Waals surface area contributed by atoms with Crippen LogP contribution in [0.25, 0.3) is 0 Å². The third kappa shape index (κ3) is 2.96. The van der Waals surface area contributed by atoms with Gasteiger partial charge in [0, 0.05) is 6.07 Å². The number of carbonyl (C=O) groups excluding carboxylic acids is 2. The van der Waals surface area contributed by atoms with Gasteiger partial charge in [-0.1, -0.05) is 60.7 Å². The summed E-state index contributed by atoms with van der Waals surface area (Å²) in [6.07, 6.45) is -1.07. The lowest BCUT2D eigenvalue weighted by Gasteiger charge is -2.28. The summed E-state index contributed by atoms with van der Waals surface area (Å²) in [5.41, 5.74) is 1.17. The van der Waals surface area contributed by atoms with Gasteiger partial charge in [-0.25, -0.2) is 9.96 Å². The first-order chi connectivity index (χ1) is 15.1. The number of hydrogen-bond acceptors (Lipinski definition) is 6. The molecule has 8 heteroatoms. The topological polar surface area (TPSA) is 93.0 Å². The Balaban J connectivity index is 1.60. The van der Waals surface area contributed by atoms with E-state index >= 15 is 0 Å². The normalized spacial score (nSPS) is 22.6. The van der Waals surface area contributed by atoms with Gasteiger partial charge in [-0.05, 0) is 23.8 Å². The zero-order chi connectivity index (χ0) is 21.5. The second kappa shape index (κ2) is 7.33. The smallest absolute Gasteiger partial charge is 0.273 e. The van der Waals surface area contributed by atoms with Gasteiger partial charge in [-0.3, -0.25) is 24.5 Å². The molecule has 0 aliphatic carbocycles. The van der Waals surface area contributed by atoms with E-state index in [0.29, 0.717) is 5.69 Å². The van der Waals surface area contributed by atoms with Crippen LogP contribution in [-0.4, -0.2) is 22.8 Å². The summed E-state index contributed by atoms with van der Waals surface area (Å²) in [6.45, 7) is 0. The van der Waals surface area contributed by atoms with E-state index in [9.17, 15) is 19.7 Å². The monoisotopic (exact) mass is 415 g/mol. The van der Waals surface area contributed by atoms with Gasteiger partial charge < -0.3 is 0 Å². The molecule has 3 atom stereocenters. The average Bonchev–Trinajstić information content (AvgIpc) is 3.31. The van der Waals surface area contributed by atoms with Gasteiger partial charge >= 0.3 is 0 Å². The molecule has 0 spiro atoms. The van der Waals surface area contributed by atoms with Gasteiger partial charge in [-0.15, -0.1) is 0 Å². The molecule has 2 saturated heterocycles. The highest BCUT2D eigenvalue weighted by Crippen LogP contribution is 2.48. The standard InChI is InChI=1S/C23H17N3O5/c27-22-19-20(15-9-3-1-4-10-15)25(16-11-5-2-6-12-16)31-21(19)23(28)24(22)17-13-7-8-14-18(17)26(29)30/h1-14,19-21H/t19-,20+,21-/m1/s1. The molecule has 0 radical (unpaired) electrons. The molecule has 0 saturated carbocycles. The number of imide groups is 1. The number of nitrogens with zero attached hydrogens (tertiary/aromatic N) is 3. The average molecular weight is 415 g/mol. The number of nitro benzene ring substituents is 1. The first-order valence-electron chi connectivity index (χ1n) is 9.75. The molecule has 3 aromatic carbocycles. The van der Waals surface area contributed by atoms with Crippen LogP contribution in [0.5, 0.6) is 0 Å². The zero-order valence-corrected chi connectivity index (χ0v) is 16.2. The van der Waals surface area contributed by atoms with E-state index in [0.717, 1.165) is 10.5 Å². The van der Waals surface area contributed by atoms with Crippen LogP contribution in [0.3, 0.4) is 0 Å². The second-order valence-corrected chi connectivity index (χ2v) is 7.33. The summed E-state index contributed by atoms with van der Waals surface area (Å²) in [4.78, 5) is 44.6. The molecular formula is C23H17N3O5. The predicted octanol–water partition coefficient (Wildman–Crippen LogP) is 3.65. The number of hydrogen-bond donors (Lipinski definition) is 0. The molecule has 31 heavy (non-hydrogen) atoms. The predicted molar refractivity (Wildman–Crippen MR) is 112 cm³/mol. The Morgan fingerprint density at radius 3 is 2.10 bits per heavy atom. The number of rotatable bonds is 4. The minimum atomic E-state index is -1.07. The van der Waals surface area contributed by atoms with Crippen molar-refractivity contribution >= 4 is 28.9 Å². The quantitative estimate of drug-likeness (QED) is 0.367. The van der Waals surface area contributed by atoms with Crippen LogP contribution >= 0.6 is 0 Å². The Kier molecular flexibility index (Phi) is 4.48. The third-order valence-corrected chi connectivity index (χ3v) is 5.59. The number of para-hydroxylation sites is 3. The molecule has 0 unspecified atom stereocenters. The highest BCUT2D eigenvalue weighted by atomic mass is 16.7. The van der Waals surface area contributed by atoms with Gasteiger partial charge in [0.2, 0.25) is 5.91 Å². The van der Waals surface area contributed by atoms with Gasteiger partial charge in [0.15, 0.2) is 6.10 Å². The SMILES string of the molecule is O=C1[C@H]2[C@@H](ON(c3ccccc3)[C@H]2c2ccccc2)C(=O)N1c1ccccc1[N+](=O)[O-]. The minimum absolute atomic E-state index is 0.0430. The van der Waals surface area contributed by atoms with Crippen molar-refractivity contribution in [1.82, 2.24) is 0 Å². The fourth-order valence-electron chi connectivity index (χ4n) is 4.25. The molecule has 0 aromatic heterocycles. The number of nitro groups is 1. The van der Waals surface area contributed by atoms with Crippen LogP contribution in [0.2, 0.25) is 0 Å². The number of benzene rings is 3. The van der Waals surface area contributed by atoms with Crippen LogP contribution in [0.15, 0.2) is 84.9 Å². The van der Waals surface area contributed by atoms with Crippen molar-refractivity contribution in [2.24, 2.45) is 5.92 Å². The van der Waals surface area contributed by atoms with Crippen LogP contribution < -0.4 is 9.96 Å². The fourth-order valence-corrected chi connectivity index (χ4v) is 4.25. The van der Waals surface area contributed by atoms with Gasteiger partial charge in [0.25, 0.3) is 11.6 Å². The highest BCUT2D eigenvalue weighted by Gasteiger charge is 2.61. The zero-order valence-electron chi connectivity index (χ0n) is 16.2. The molecule has 2 fully saturated rings. The van der Waals surface area contributed by atoms with Crippen molar-refractivity contribution in [3.05, 3.63) is 101 Å². The Labute approximate surface area is 177 Å². The third-order valence-electron chi connectivity index (χ3n) is 5.59. The van der Waals surface area contributed by atoms with Gasteiger partial charge in [-0.2, -0.15) is 0 Å². The van der Waals surface area contributed by atoms with E-state index in [1.54, 1.807) is 11.1 Å². The number of hydroxylamine groups is 1. The van der Waals surface area contributed by atoms with Crippen molar-refractivity contribution in [1.29, 1.82) is 0 Å². The summed E-state index contributed by atoms with van der Waals surface area (Å²) in [6, 6.07) is 23.7. The van der Waals surface area contributed by atoms with Crippen molar-refractivity contribution < 1.29 is 19.3 Å². The van der Waals surface area contributed by atoms with Crippen molar-refractivity contribution in [2.75, 3.05) is 9.96 Å². The molecule has 0 bridgehead atoms. The molecule has 3 aromatic rings. The summed E-state index contributed by atoms with van der Waals surface area (Å²) in [5.74, 6) is -1.96. The van der Waals surface area contributed by atoms with Crippen molar-refractivity contribution in [3.8, 4) is 0 Å². The summed E-state index contributed by atoms with van der Waals surface area (Å²) in [5, 5.41) is 13.1. The minimum Gasteiger partial charge on any atom is -0.273 e. The van der Waals surface area contributed by atoms with Gasteiger partial charge in [0.1, 0.15) is 11.6 Å². The number of amides is 2. The fraction of sp³-hybridized carbons (Fsp3) is 0.130. The lowest BCUT2D eigenvalue weighted by molar-refractivity contribution is -0.384. The van der Waals surface area contributed by atoms with E-state index in [1.165, 1.54) is 18.2 Å². The van der Waals surface area contributed by atoms with E-state index < -0.39 is 34.8 Å². The molecule has 2 heterocycles. The number of fused-ring (bicyclic) bond motifs is 1.